The number of aryl methyl sites for hydroxylation is 2. The third kappa shape index (κ3) is 5.19. The number of anilines is 2. The molecule has 4 rings (SSSR count). The van der Waals surface area contributed by atoms with Crippen LogP contribution in [0.3, 0.4) is 0 Å². The minimum absolute atomic E-state index is 0.193. The minimum atomic E-state index is -0.193. The lowest BCUT2D eigenvalue weighted by Gasteiger charge is -2.06. The molecule has 0 bridgehead atoms. The molecule has 0 aliphatic rings. The van der Waals surface area contributed by atoms with Gasteiger partial charge in [0.05, 0.1) is 6.21 Å². The Hall–Kier alpha value is -3.97. The Bertz CT molecular complexity index is 1240. The Morgan fingerprint density at radius 1 is 0.938 bits per heavy atom. The third-order valence-electron chi connectivity index (χ3n) is 4.76. The van der Waals surface area contributed by atoms with E-state index in [0.29, 0.717) is 21.4 Å². The second-order valence-electron chi connectivity index (χ2n) is 7.34. The number of nitrogens with one attached hydrogen (secondary N) is 2. The zero-order valence-electron chi connectivity index (χ0n) is 17.7. The minimum Gasteiger partial charge on any atom is -0.508 e. The quantitative estimate of drug-likeness (QED) is 0.259. The molecule has 0 fully saturated rings. The highest BCUT2D eigenvalue weighted by atomic mass is 32.1. The van der Waals surface area contributed by atoms with Crippen molar-refractivity contribution in [2.24, 2.45) is 5.10 Å². The molecule has 0 saturated carbocycles. The average molecular weight is 443 g/mol. The molecule has 7 heteroatoms. The molecule has 6 nitrogen and oxygen atoms in total. The van der Waals surface area contributed by atoms with Gasteiger partial charge in [0.25, 0.3) is 5.91 Å². The number of amides is 1. The van der Waals surface area contributed by atoms with Crippen LogP contribution in [-0.4, -0.2) is 22.2 Å². The monoisotopic (exact) mass is 442 g/mol. The van der Waals surface area contributed by atoms with E-state index in [4.69, 9.17) is 0 Å². The van der Waals surface area contributed by atoms with Gasteiger partial charge in [0.15, 0.2) is 0 Å². The highest BCUT2D eigenvalue weighted by Gasteiger charge is 2.16. The number of carbonyl (C=O) groups is 1. The Labute approximate surface area is 190 Å². The van der Waals surface area contributed by atoms with Gasteiger partial charge in [-0.3, -0.25) is 10.2 Å². The number of carbonyl (C=O) groups excluding carboxylic acids is 1. The van der Waals surface area contributed by atoms with Gasteiger partial charge >= 0.3 is 0 Å². The van der Waals surface area contributed by atoms with E-state index < -0.39 is 0 Å². The van der Waals surface area contributed by atoms with Crippen LogP contribution in [0.5, 0.6) is 5.75 Å². The van der Waals surface area contributed by atoms with E-state index in [-0.39, 0.29) is 11.7 Å². The van der Waals surface area contributed by atoms with Crippen LogP contribution >= 0.6 is 11.3 Å². The van der Waals surface area contributed by atoms with Gasteiger partial charge < -0.3 is 10.4 Å². The van der Waals surface area contributed by atoms with Crippen molar-refractivity contribution in [1.82, 2.24) is 4.98 Å². The van der Waals surface area contributed by atoms with Gasteiger partial charge in [0, 0.05) is 11.1 Å². The standard InChI is InChI=1S/C25H22N4O2S/c1-16-3-9-19(10-4-16)22-24(28-23(31)20-11-5-17(2)6-12-20)32-25(27-22)29-26-15-18-7-13-21(30)14-8-18/h3-15,30H,1-2H3,(H,27,29)(H,28,31)/b26-15-. The molecule has 4 aromatic rings. The molecule has 0 aliphatic heterocycles. The summed E-state index contributed by atoms with van der Waals surface area (Å²) < 4.78 is 0. The Morgan fingerprint density at radius 2 is 1.56 bits per heavy atom. The number of hydrogen-bond acceptors (Lipinski definition) is 6. The molecule has 160 valence electrons. The maximum absolute atomic E-state index is 12.8. The molecule has 1 heterocycles. The molecular weight excluding hydrogens is 420 g/mol. The predicted octanol–water partition coefficient (Wildman–Crippen LogP) is 5.83. The maximum Gasteiger partial charge on any atom is 0.256 e. The SMILES string of the molecule is Cc1ccc(C(=O)Nc2sc(N/N=C\c3ccc(O)cc3)nc2-c2ccc(C)cc2)cc1. The van der Waals surface area contributed by atoms with E-state index in [1.807, 2.05) is 50.2 Å². The molecule has 0 unspecified atom stereocenters. The van der Waals surface area contributed by atoms with Crippen LogP contribution in [0.4, 0.5) is 10.1 Å². The lowest BCUT2D eigenvalue weighted by molar-refractivity contribution is 0.102. The predicted molar refractivity (Wildman–Crippen MR) is 131 cm³/mol. The fraction of sp³-hybridized carbons (Fsp3) is 0.0800. The fourth-order valence-electron chi connectivity index (χ4n) is 2.96. The smallest absolute Gasteiger partial charge is 0.256 e. The molecule has 0 radical (unpaired) electrons. The average Bonchev–Trinajstić information content (AvgIpc) is 3.18. The van der Waals surface area contributed by atoms with E-state index in [9.17, 15) is 9.90 Å². The largest absolute Gasteiger partial charge is 0.508 e. The Balaban J connectivity index is 1.59. The highest BCUT2D eigenvalue weighted by Crippen LogP contribution is 2.36. The first-order valence-electron chi connectivity index (χ1n) is 10.0. The summed E-state index contributed by atoms with van der Waals surface area (Å²) in [4.78, 5) is 17.5. The van der Waals surface area contributed by atoms with Crippen molar-refractivity contribution in [3.05, 3.63) is 95.1 Å². The first-order valence-corrected chi connectivity index (χ1v) is 10.8. The molecule has 3 aromatic carbocycles. The van der Waals surface area contributed by atoms with Crippen LogP contribution in [0.2, 0.25) is 0 Å². The van der Waals surface area contributed by atoms with Gasteiger partial charge in [-0.05, 0) is 55.8 Å². The van der Waals surface area contributed by atoms with E-state index in [2.05, 4.69) is 20.8 Å². The molecule has 1 aromatic heterocycles. The highest BCUT2D eigenvalue weighted by molar-refractivity contribution is 7.20. The summed E-state index contributed by atoms with van der Waals surface area (Å²) >= 11 is 1.31. The number of phenolic OH excluding ortho intramolecular Hbond substituents is 1. The summed E-state index contributed by atoms with van der Waals surface area (Å²) in [5, 5.41) is 17.8. The topological polar surface area (TPSA) is 86.6 Å². The number of hydrogen-bond donors (Lipinski definition) is 3. The van der Waals surface area contributed by atoms with Gasteiger partial charge in [-0.25, -0.2) is 4.98 Å². The van der Waals surface area contributed by atoms with Crippen molar-refractivity contribution in [3.63, 3.8) is 0 Å². The summed E-state index contributed by atoms with van der Waals surface area (Å²) in [5.41, 5.74) is 8.17. The van der Waals surface area contributed by atoms with Crippen molar-refractivity contribution < 1.29 is 9.90 Å². The first kappa shape index (κ1) is 21.3. The summed E-state index contributed by atoms with van der Waals surface area (Å²) in [7, 11) is 0. The number of aromatic nitrogens is 1. The molecule has 0 saturated heterocycles. The zero-order chi connectivity index (χ0) is 22.5. The van der Waals surface area contributed by atoms with E-state index >= 15 is 0 Å². The van der Waals surface area contributed by atoms with Crippen molar-refractivity contribution in [2.45, 2.75) is 13.8 Å². The molecule has 1 amide bonds. The summed E-state index contributed by atoms with van der Waals surface area (Å²) in [5.74, 6) is 0.00730. The zero-order valence-corrected chi connectivity index (χ0v) is 18.5. The normalized spacial score (nSPS) is 10.9. The van der Waals surface area contributed by atoms with Crippen molar-refractivity contribution >= 4 is 33.6 Å². The van der Waals surface area contributed by atoms with Crippen molar-refractivity contribution in [2.75, 3.05) is 10.7 Å². The number of aromatic hydroxyl groups is 1. The molecule has 0 spiro atoms. The molecule has 3 N–H and O–H groups in total. The number of hydrazone groups is 1. The second kappa shape index (κ2) is 9.45. The fourth-order valence-corrected chi connectivity index (χ4v) is 3.79. The van der Waals surface area contributed by atoms with Gasteiger partial charge in [-0.1, -0.05) is 58.9 Å². The van der Waals surface area contributed by atoms with Gasteiger partial charge in [-0.15, -0.1) is 0 Å². The number of benzene rings is 3. The van der Waals surface area contributed by atoms with Crippen molar-refractivity contribution in [1.29, 1.82) is 0 Å². The van der Waals surface area contributed by atoms with Crippen LogP contribution in [-0.2, 0) is 0 Å². The first-order chi connectivity index (χ1) is 15.5. The van der Waals surface area contributed by atoms with Gasteiger partial charge in [0.2, 0.25) is 5.13 Å². The summed E-state index contributed by atoms with van der Waals surface area (Å²) in [6, 6.07) is 22.1. The van der Waals surface area contributed by atoms with Gasteiger partial charge in [0.1, 0.15) is 16.4 Å². The van der Waals surface area contributed by atoms with Crippen LogP contribution < -0.4 is 10.7 Å². The Morgan fingerprint density at radius 3 is 2.22 bits per heavy atom. The van der Waals surface area contributed by atoms with E-state index in [0.717, 1.165) is 22.3 Å². The van der Waals surface area contributed by atoms with Crippen LogP contribution in [0.1, 0.15) is 27.0 Å². The third-order valence-corrected chi connectivity index (χ3v) is 5.64. The van der Waals surface area contributed by atoms with Crippen molar-refractivity contribution in [3.8, 4) is 17.0 Å². The van der Waals surface area contributed by atoms with E-state index in [1.54, 1.807) is 42.6 Å². The number of thiazole rings is 1. The van der Waals surface area contributed by atoms with Crippen LogP contribution in [0.25, 0.3) is 11.3 Å². The summed E-state index contributed by atoms with van der Waals surface area (Å²) in [6.45, 7) is 4.01. The number of phenols is 1. The molecular formula is C25H22N4O2S. The Kier molecular flexibility index (Phi) is 6.28. The van der Waals surface area contributed by atoms with Crippen LogP contribution in [0.15, 0.2) is 77.9 Å². The summed E-state index contributed by atoms with van der Waals surface area (Å²) in [6.07, 6.45) is 1.64. The lowest BCUT2D eigenvalue weighted by atomic mass is 10.1. The molecule has 32 heavy (non-hydrogen) atoms. The maximum atomic E-state index is 12.8. The lowest BCUT2D eigenvalue weighted by Crippen LogP contribution is -2.11. The van der Waals surface area contributed by atoms with E-state index in [1.165, 1.54) is 11.3 Å². The van der Waals surface area contributed by atoms with Crippen LogP contribution in [0, 0.1) is 13.8 Å². The van der Waals surface area contributed by atoms with Gasteiger partial charge in [-0.2, -0.15) is 5.10 Å². The molecule has 0 atom stereocenters. The number of nitrogens with zero attached hydrogens (tertiary/aromatic N) is 2. The molecule has 0 aliphatic carbocycles. The number of rotatable bonds is 6. The second-order valence-corrected chi connectivity index (χ2v) is 8.34.